The van der Waals surface area contributed by atoms with Crippen LogP contribution in [0.4, 0.5) is 5.13 Å². The Kier molecular flexibility index (Phi) is 48.5. The molecule has 9 nitrogen and oxygen atoms in total. The van der Waals surface area contributed by atoms with Gasteiger partial charge in [0.25, 0.3) is 11.1 Å². The van der Waals surface area contributed by atoms with E-state index in [2.05, 4.69) is 4.98 Å². The number of hydrogen-bond donors (Lipinski definition) is 2. The second-order valence-electron chi connectivity index (χ2n) is 10.0. The summed E-state index contributed by atoms with van der Waals surface area (Å²) >= 11 is 6.63. The molecule has 6 rings (SSSR count). The van der Waals surface area contributed by atoms with Gasteiger partial charge in [0.1, 0.15) is 0 Å². The number of anilines is 1. The van der Waals surface area contributed by atoms with E-state index in [-0.39, 0.29) is 19.1 Å². The molecule has 5 aromatic carbocycles. The quantitative estimate of drug-likeness (QED) is 0.0957. The van der Waals surface area contributed by atoms with Crippen LogP contribution in [0.1, 0.15) is 125 Å². The van der Waals surface area contributed by atoms with E-state index in [1.165, 1.54) is 23.5 Å². The molecule has 0 bridgehead atoms. The Bertz CT molecular complexity index is 1780. The van der Waals surface area contributed by atoms with E-state index in [0.717, 1.165) is 16.8 Å². The fourth-order valence-electron chi connectivity index (χ4n) is 3.70. The summed E-state index contributed by atoms with van der Waals surface area (Å²) in [5.41, 5.74) is 9.87. The highest BCUT2D eigenvalue weighted by molar-refractivity contribution is 7.13. The molecule has 340 valence electrons. The van der Waals surface area contributed by atoms with Gasteiger partial charge in [-0.1, -0.05) is 204 Å². The molecule has 1 amide bonds. The smallest absolute Gasteiger partial charge is 0.335 e. The number of ketones is 1. The van der Waals surface area contributed by atoms with Crippen molar-refractivity contribution in [3.8, 4) is 11.3 Å². The molecule has 0 unspecified atom stereocenters. The summed E-state index contributed by atoms with van der Waals surface area (Å²) in [6.07, 6.45) is 0. The number of hydroxylamine groups is 2. The highest BCUT2D eigenvalue weighted by atomic mass is 35.5. The molecular formula is C51H72ClN3O6S. The number of aromatic nitrogens is 1. The third-order valence-corrected chi connectivity index (χ3v) is 7.27. The maximum Gasteiger partial charge on any atom is 0.335 e. The number of nitrogen functional groups attached to an aromatic ring is 1. The summed E-state index contributed by atoms with van der Waals surface area (Å²) in [6, 6.07) is 45.3. The molecular weight excluding hydrogens is 818 g/mol. The lowest BCUT2D eigenvalue weighted by Crippen LogP contribution is -2.25. The van der Waals surface area contributed by atoms with E-state index in [9.17, 15) is 19.2 Å². The molecule has 0 saturated heterocycles. The molecule has 0 saturated carbocycles. The summed E-state index contributed by atoms with van der Waals surface area (Å²) < 4.78 is 0. The van der Waals surface area contributed by atoms with E-state index in [1.807, 2.05) is 160 Å². The average Bonchev–Trinajstić information content (AvgIpc) is 3.80. The van der Waals surface area contributed by atoms with Gasteiger partial charge in [0.05, 0.1) is 18.4 Å². The second-order valence-corrected chi connectivity index (χ2v) is 11.3. The zero-order chi connectivity index (χ0) is 47.4. The van der Waals surface area contributed by atoms with Gasteiger partial charge in [0.15, 0.2) is 10.9 Å². The lowest BCUT2D eigenvalue weighted by atomic mass is 10.2. The monoisotopic (exact) mass is 889 g/mol. The number of carbonyl (C=O) groups is 4. The predicted molar refractivity (Wildman–Crippen MR) is 267 cm³/mol. The third-order valence-electron chi connectivity index (χ3n) is 6.37. The molecule has 0 aliphatic heterocycles. The fraction of sp³-hybridized carbons (Fsp3) is 0.275. The number of thiazole rings is 1. The van der Waals surface area contributed by atoms with Crippen LogP contribution in [0.3, 0.4) is 0 Å². The number of hydrogen-bond acceptors (Lipinski definition) is 8. The Balaban J connectivity index is -0.000000208. The first kappa shape index (κ1) is 65.2. The summed E-state index contributed by atoms with van der Waals surface area (Å²) in [4.78, 5) is 51.6. The van der Waals surface area contributed by atoms with Gasteiger partial charge in [0.2, 0.25) is 0 Å². The van der Waals surface area contributed by atoms with Crippen LogP contribution in [0.2, 0.25) is 0 Å². The van der Waals surface area contributed by atoms with Crippen LogP contribution in [0, 0.1) is 0 Å². The Labute approximate surface area is 382 Å². The number of amides is 1. The number of halogens is 1. The van der Waals surface area contributed by atoms with Crippen molar-refractivity contribution in [2.45, 2.75) is 83.6 Å². The number of Topliss-reactive ketones (excluding diaryl/α,β-unsaturated/α-hetero) is 1. The molecule has 1 heterocycles. The topological polar surface area (TPSA) is 140 Å². The molecule has 0 atom stereocenters. The van der Waals surface area contributed by atoms with Gasteiger partial charge < -0.3 is 10.8 Å². The molecule has 62 heavy (non-hydrogen) atoms. The Hall–Kier alpha value is -5.94. The van der Waals surface area contributed by atoms with Crippen LogP contribution in [0.15, 0.2) is 157 Å². The van der Waals surface area contributed by atoms with Crippen LogP contribution in [0.25, 0.3) is 11.3 Å². The summed E-state index contributed by atoms with van der Waals surface area (Å²) in [6.45, 7) is 21.6. The molecule has 1 aromatic heterocycles. The number of nitrogens with zero attached hydrogens (tertiary/aromatic N) is 2. The van der Waals surface area contributed by atoms with Crippen LogP contribution in [0.5, 0.6) is 0 Å². The van der Waals surface area contributed by atoms with Gasteiger partial charge in [-0.2, -0.15) is 0 Å². The SMILES string of the molecule is C.CC.CC.CC.CC.CC.CC(=O)c1ccccc1.CON(C)C(=O)c1ccccc1.Nc1nc(-c2ccccc2)cs1.O=C(Cl)c1ccccc1.O=C(O)c1ccccc1. The maximum absolute atomic E-state index is 11.4. The number of benzene rings is 5. The third kappa shape index (κ3) is 31.9. The number of nitrogens with two attached hydrogens (primary N) is 1. The van der Waals surface area contributed by atoms with Gasteiger partial charge in [-0.3, -0.25) is 19.2 Å². The van der Waals surface area contributed by atoms with Crippen molar-refractivity contribution in [3.05, 3.63) is 179 Å². The highest BCUT2D eigenvalue weighted by Gasteiger charge is 2.09. The van der Waals surface area contributed by atoms with Gasteiger partial charge in [0, 0.05) is 34.7 Å². The first-order valence-corrected chi connectivity index (χ1v) is 21.5. The number of rotatable bonds is 6. The average molecular weight is 891 g/mol. The molecule has 0 aliphatic carbocycles. The van der Waals surface area contributed by atoms with E-state index in [4.69, 9.17) is 27.3 Å². The standard InChI is InChI=1S/C9H8N2S.C9H11NO2.C8H8O.C7H5ClO.C7H6O2.5C2H6.CH4/c10-9-11-8(6-12-9)7-4-2-1-3-5-7;1-10(12-2)9(11)8-6-4-3-5-7-8;1-7(9)8-5-3-2-4-6-8;2*8-7(9)6-4-2-1-3-5-6;5*1-2;/h1-6H,(H2,10,11);3-7H,1-2H3;2-6H,1H3;1-5H;1-5H,(H,8,9);5*1-2H3;1H4. The van der Waals surface area contributed by atoms with Crippen molar-refractivity contribution in [1.82, 2.24) is 10.0 Å². The van der Waals surface area contributed by atoms with Crippen LogP contribution in [-0.4, -0.2) is 52.2 Å². The molecule has 0 aliphatic rings. The van der Waals surface area contributed by atoms with Crippen molar-refractivity contribution in [2.24, 2.45) is 0 Å². The fourth-order valence-corrected chi connectivity index (χ4v) is 4.40. The van der Waals surface area contributed by atoms with Crippen LogP contribution >= 0.6 is 22.9 Å². The van der Waals surface area contributed by atoms with E-state index < -0.39 is 11.2 Å². The zero-order valence-electron chi connectivity index (χ0n) is 38.3. The zero-order valence-corrected chi connectivity index (χ0v) is 39.8. The predicted octanol–water partition coefficient (Wildman–Crippen LogP) is 14.8. The lowest BCUT2D eigenvalue weighted by molar-refractivity contribution is -0.0756. The lowest BCUT2D eigenvalue weighted by Gasteiger charge is -2.12. The minimum absolute atomic E-state index is 0. The molecule has 0 fully saturated rings. The molecule has 0 spiro atoms. The van der Waals surface area contributed by atoms with Crippen LogP contribution < -0.4 is 5.73 Å². The first-order chi connectivity index (χ1) is 29.5. The van der Waals surface area contributed by atoms with Gasteiger partial charge in [-0.05, 0) is 42.8 Å². The van der Waals surface area contributed by atoms with Gasteiger partial charge in [-0.25, -0.2) is 14.8 Å². The minimum Gasteiger partial charge on any atom is -0.478 e. The largest absolute Gasteiger partial charge is 0.478 e. The maximum atomic E-state index is 11.4. The van der Waals surface area contributed by atoms with Crippen LogP contribution in [-0.2, 0) is 4.84 Å². The summed E-state index contributed by atoms with van der Waals surface area (Å²) in [7, 11) is 3.04. The van der Waals surface area contributed by atoms with Crippen molar-refractivity contribution in [3.63, 3.8) is 0 Å². The molecule has 3 N–H and O–H groups in total. The van der Waals surface area contributed by atoms with Crippen molar-refractivity contribution in [1.29, 1.82) is 0 Å². The summed E-state index contributed by atoms with van der Waals surface area (Å²) in [5.74, 6) is -0.899. The Morgan fingerprint density at radius 2 is 0.903 bits per heavy atom. The Morgan fingerprint density at radius 1 is 0.581 bits per heavy atom. The Morgan fingerprint density at radius 3 is 1.15 bits per heavy atom. The van der Waals surface area contributed by atoms with E-state index >= 15 is 0 Å². The normalized spacial score (nSPS) is 8.16. The van der Waals surface area contributed by atoms with Crippen molar-refractivity contribution < 1.29 is 29.1 Å². The molecule has 0 radical (unpaired) electrons. The van der Waals surface area contributed by atoms with E-state index in [1.54, 1.807) is 80.7 Å². The molecule has 6 aromatic rings. The first-order valence-electron chi connectivity index (χ1n) is 20.3. The van der Waals surface area contributed by atoms with Crippen molar-refractivity contribution >= 4 is 51.0 Å². The van der Waals surface area contributed by atoms with Gasteiger partial charge >= 0.3 is 5.97 Å². The number of carboxylic acids is 1. The van der Waals surface area contributed by atoms with Gasteiger partial charge in [-0.15, -0.1) is 11.3 Å². The minimum atomic E-state index is -0.879. The van der Waals surface area contributed by atoms with Crippen molar-refractivity contribution in [2.75, 3.05) is 19.9 Å². The molecule has 11 heteroatoms. The highest BCUT2D eigenvalue weighted by Crippen LogP contribution is 2.22. The number of aromatic carboxylic acids is 1. The number of carbonyl (C=O) groups excluding carboxylic acids is 3. The summed E-state index contributed by atoms with van der Waals surface area (Å²) in [5, 5.41) is 11.8. The number of carboxylic acid groups (broad SMARTS) is 1. The second kappa shape index (κ2) is 46.1. The van der Waals surface area contributed by atoms with E-state index in [0.29, 0.717) is 21.8 Å².